The van der Waals surface area contributed by atoms with Gasteiger partial charge in [0.25, 0.3) is 0 Å². The highest BCUT2D eigenvalue weighted by Crippen LogP contribution is 2.30. The molecule has 0 atom stereocenters. The Bertz CT molecular complexity index is 658. The molecule has 0 amide bonds. The fourth-order valence-electron chi connectivity index (χ4n) is 1.61. The van der Waals surface area contributed by atoms with Crippen LogP contribution in [0.25, 0.3) is 22.0 Å². The second-order valence-corrected chi connectivity index (χ2v) is 3.75. The molecule has 0 unspecified atom stereocenters. The molecule has 3 aromatic rings. The number of nitrogens with zero attached hydrogens (tertiary/aromatic N) is 2. The van der Waals surface area contributed by atoms with Crippen LogP contribution in [0.5, 0.6) is 0 Å². The Labute approximate surface area is 95.2 Å². The van der Waals surface area contributed by atoms with Gasteiger partial charge in [0, 0.05) is 5.39 Å². The average molecular weight is 235 g/mol. The molecule has 0 radical (unpaired) electrons. The first kappa shape index (κ1) is 9.23. The molecule has 0 aliphatic heterocycles. The zero-order chi connectivity index (χ0) is 11.1. The maximum absolute atomic E-state index is 5.96. The summed E-state index contributed by atoms with van der Waals surface area (Å²) in [6.07, 6.45) is 1.57. The van der Waals surface area contributed by atoms with E-state index in [1.807, 2.05) is 18.2 Å². The van der Waals surface area contributed by atoms with Gasteiger partial charge in [0.05, 0.1) is 17.3 Å². The van der Waals surface area contributed by atoms with Crippen molar-refractivity contribution in [2.24, 2.45) is 0 Å². The molecule has 5 nitrogen and oxygen atoms in total. The van der Waals surface area contributed by atoms with Crippen LogP contribution in [0.2, 0.25) is 5.15 Å². The summed E-state index contributed by atoms with van der Waals surface area (Å²) in [5, 5.41) is 11.7. The molecule has 0 saturated heterocycles. The first-order valence-electron chi connectivity index (χ1n) is 4.60. The fraction of sp³-hybridized carbons (Fsp3) is 0. The van der Waals surface area contributed by atoms with Gasteiger partial charge < -0.3 is 10.3 Å². The van der Waals surface area contributed by atoms with E-state index in [4.69, 9.17) is 21.9 Å². The highest BCUT2D eigenvalue weighted by atomic mass is 35.5. The minimum atomic E-state index is 0.291. The SMILES string of the molecule is Nc1oncc1-c1ccc2n[nH]c(Cl)c2c1. The number of rotatable bonds is 1. The minimum absolute atomic E-state index is 0.291. The van der Waals surface area contributed by atoms with E-state index in [0.29, 0.717) is 11.0 Å². The van der Waals surface area contributed by atoms with Crippen molar-refractivity contribution in [2.45, 2.75) is 0 Å². The number of benzene rings is 1. The lowest BCUT2D eigenvalue weighted by Crippen LogP contribution is -1.84. The van der Waals surface area contributed by atoms with Crippen LogP contribution in [0, 0.1) is 0 Å². The van der Waals surface area contributed by atoms with Crippen LogP contribution in [0.3, 0.4) is 0 Å². The van der Waals surface area contributed by atoms with Gasteiger partial charge in [-0.3, -0.25) is 5.10 Å². The molecule has 0 saturated carbocycles. The molecule has 6 heteroatoms. The normalized spacial score (nSPS) is 11.1. The van der Waals surface area contributed by atoms with Gasteiger partial charge in [-0.2, -0.15) is 5.10 Å². The molecule has 0 aliphatic carbocycles. The highest BCUT2D eigenvalue weighted by molar-refractivity contribution is 6.34. The van der Waals surface area contributed by atoms with Crippen molar-refractivity contribution in [3.8, 4) is 11.1 Å². The van der Waals surface area contributed by atoms with Gasteiger partial charge in [-0.15, -0.1) is 0 Å². The topological polar surface area (TPSA) is 80.7 Å². The summed E-state index contributed by atoms with van der Waals surface area (Å²) >= 11 is 5.96. The van der Waals surface area contributed by atoms with Crippen molar-refractivity contribution in [2.75, 3.05) is 5.73 Å². The number of hydrogen-bond acceptors (Lipinski definition) is 4. The van der Waals surface area contributed by atoms with E-state index in [9.17, 15) is 0 Å². The monoisotopic (exact) mass is 234 g/mol. The summed E-state index contributed by atoms with van der Waals surface area (Å²) < 4.78 is 4.81. The Morgan fingerprint density at radius 2 is 2.25 bits per heavy atom. The number of nitrogen functional groups attached to an aromatic ring is 1. The summed E-state index contributed by atoms with van der Waals surface area (Å²) in [6.45, 7) is 0. The highest BCUT2D eigenvalue weighted by Gasteiger charge is 2.09. The molecule has 3 N–H and O–H groups in total. The summed E-state index contributed by atoms with van der Waals surface area (Å²) in [5.41, 5.74) is 8.10. The summed E-state index contributed by atoms with van der Waals surface area (Å²) in [4.78, 5) is 0. The largest absolute Gasteiger partial charge is 0.367 e. The van der Waals surface area contributed by atoms with Gasteiger partial charge in [-0.25, -0.2) is 0 Å². The van der Waals surface area contributed by atoms with Gasteiger partial charge >= 0.3 is 0 Å². The lowest BCUT2D eigenvalue weighted by atomic mass is 10.1. The van der Waals surface area contributed by atoms with Crippen LogP contribution < -0.4 is 5.73 Å². The zero-order valence-electron chi connectivity index (χ0n) is 8.07. The van der Waals surface area contributed by atoms with Crippen molar-refractivity contribution in [1.82, 2.24) is 15.4 Å². The smallest absolute Gasteiger partial charge is 0.229 e. The minimum Gasteiger partial charge on any atom is -0.367 e. The number of hydrogen-bond donors (Lipinski definition) is 2. The van der Waals surface area contributed by atoms with Gasteiger partial charge in [0.1, 0.15) is 5.15 Å². The predicted molar refractivity (Wildman–Crippen MR) is 61.0 cm³/mol. The number of nitrogens with two attached hydrogens (primary N) is 1. The lowest BCUT2D eigenvalue weighted by molar-refractivity contribution is 0.436. The van der Waals surface area contributed by atoms with Crippen molar-refractivity contribution in [3.63, 3.8) is 0 Å². The predicted octanol–water partition coefficient (Wildman–Crippen LogP) is 2.45. The van der Waals surface area contributed by atoms with E-state index >= 15 is 0 Å². The summed E-state index contributed by atoms with van der Waals surface area (Å²) in [5.74, 6) is 0.291. The zero-order valence-corrected chi connectivity index (χ0v) is 8.82. The molecule has 2 aromatic heterocycles. The van der Waals surface area contributed by atoms with Crippen LogP contribution in [-0.2, 0) is 0 Å². The third kappa shape index (κ3) is 1.25. The van der Waals surface area contributed by atoms with Crippen LogP contribution in [0.1, 0.15) is 0 Å². The number of H-pyrrole nitrogens is 1. The molecule has 1 aromatic carbocycles. The van der Waals surface area contributed by atoms with E-state index < -0.39 is 0 Å². The van der Waals surface area contributed by atoms with E-state index in [1.54, 1.807) is 6.20 Å². The molecule has 80 valence electrons. The molecule has 2 heterocycles. The molecule has 0 bridgehead atoms. The third-order valence-electron chi connectivity index (χ3n) is 2.42. The molecule has 16 heavy (non-hydrogen) atoms. The van der Waals surface area contributed by atoms with Crippen molar-refractivity contribution in [3.05, 3.63) is 29.5 Å². The Morgan fingerprint density at radius 3 is 3.00 bits per heavy atom. The number of halogens is 1. The number of aromatic nitrogens is 3. The number of nitrogens with one attached hydrogen (secondary N) is 1. The van der Waals surface area contributed by atoms with Crippen LogP contribution in [0.4, 0.5) is 5.88 Å². The van der Waals surface area contributed by atoms with E-state index in [2.05, 4.69) is 15.4 Å². The molecule has 3 rings (SSSR count). The quantitative estimate of drug-likeness (QED) is 0.678. The average Bonchev–Trinajstić information content (AvgIpc) is 2.86. The summed E-state index contributed by atoms with van der Waals surface area (Å²) in [6, 6.07) is 5.64. The van der Waals surface area contributed by atoms with Gasteiger partial charge in [0.2, 0.25) is 5.88 Å². The van der Waals surface area contributed by atoms with Crippen LogP contribution in [0.15, 0.2) is 28.9 Å². The molecule has 0 fully saturated rings. The van der Waals surface area contributed by atoms with E-state index in [-0.39, 0.29) is 0 Å². The van der Waals surface area contributed by atoms with Crippen molar-refractivity contribution >= 4 is 28.4 Å². The molecule has 0 spiro atoms. The number of anilines is 1. The van der Waals surface area contributed by atoms with E-state index in [1.165, 1.54) is 0 Å². The van der Waals surface area contributed by atoms with Gasteiger partial charge in [-0.05, 0) is 17.7 Å². The van der Waals surface area contributed by atoms with Crippen molar-refractivity contribution in [1.29, 1.82) is 0 Å². The van der Waals surface area contributed by atoms with E-state index in [0.717, 1.165) is 22.0 Å². The second-order valence-electron chi connectivity index (χ2n) is 3.37. The third-order valence-corrected chi connectivity index (χ3v) is 2.70. The van der Waals surface area contributed by atoms with Crippen LogP contribution >= 0.6 is 11.6 Å². The molecular weight excluding hydrogens is 228 g/mol. The summed E-state index contributed by atoms with van der Waals surface area (Å²) in [7, 11) is 0. The maximum Gasteiger partial charge on any atom is 0.229 e. The first-order chi connectivity index (χ1) is 7.75. The second kappa shape index (κ2) is 3.24. The maximum atomic E-state index is 5.96. The Hall–Kier alpha value is -2.01. The number of aromatic amines is 1. The Kier molecular flexibility index (Phi) is 1.87. The van der Waals surface area contributed by atoms with Crippen molar-refractivity contribution < 1.29 is 4.52 Å². The molecule has 0 aliphatic rings. The Balaban J connectivity index is 2.25. The van der Waals surface area contributed by atoms with Crippen LogP contribution in [-0.4, -0.2) is 15.4 Å². The standard InChI is InChI=1S/C10H7ClN4O/c11-9-6-3-5(1-2-8(6)14-15-9)7-4-13-16-10(7)12/h1-4H,12H2,(H,14,15). The molecular formula is C10H7ClN4O. The Morgan fingerprint density at radius 1 is 1.38 bits per heavy atom. The first-order valence-corrected chi connectivity index (χ1v) is 4.97. The van der Waals surface area contributed by atoms with Gasteiger partial charge in [-0.1, -0.05) is 22.8 Å². The lowest BCUT2D eigenvalue weighted by Gasteiger charge is -1.97. The fourth-order valence-corrected chi connectivity index (χ4v) is 1.81. The number of fused-ring (bicyclic) bond motifs is 1. The van der Waals surface area contributed by atoms with Gasteiger partial charge in [0.15, 0.2) is 0 Å².